The quantitative estimate of drug-likeness (QED) is 0.790. The molecule has 0 radical (unpaired) electrons. The number of esters is 1. The van der Waals surface area contributed by atoms with Crippen LogP contribution >= 0.6 is 0 Å². The molecule has 7 heteroatoms. The Morgan fingerprint density at radius 1 is 1.45 bits per heavy atom. The number of H-pyrrole nitrogens is 1. The highest BCUT2D eigenvalue weighted by Crippen LogP contribution is 2.22. The van der Waals surface area contributed by atoms with Crippen LogP contribution in [0.5, 0.6) is 0 Å². The maximum Gasteiger partial charge on any atom is 0.313 e. The van der Waals surface area contributed by atoms with Crippen LogP contribution in [0.4, 0.5) is 0 Å². The first-order valence-corrected chi connectivity index (χ1v) is 6.96. The minimum absolute atomic E-state index is 0.263. The smallest absolute Gasteiger partial charge is 0.313 e. The number of nitrogens with zero attached hydrogens (tertiary/aromatic N) is 1. The topological polar surface area (TPSA) is 97.2 Å². The van der Waals surface area contributed by atoms with E-state index in [1.807, 2.05) is 13.8 Å². The van der Waals surface area contributed by atoms with Gasteiger partial charge in [-0.05, 0) is 32.9 Å². The fourth-order valence-electron chi connectivity index (χ4n) is 2.23. The first-order valence-electron chi connectivity index (χ1n) is 6.96. The molecule has 0 spiro atoms. The summed E-state index contributed by atoms with van der Waals surface area (Å²) in [6.07, 6.45) is 1.53. The summed E-state index contributed by atoms with van der Waals surface area (Å²) in [5.74, 6) is -0.673. The van der Waals surface area contributed by atoms with E-state index in [1.165, 1.54) is 6.26 Å². The van der Waals surface area contributed by atoms with Crippen molar-refractivity contribution >= 4 is 11.9 Å². The number of aryl methyl sites for hydroxylation is 2. The minimum Gasteiger partial charge on any atom is -0.467 e. The van der Waals surface area contributed by atoms with Gasteiger partial charge in [0.05, 0.1) is 24.4 Å². The molecule has 2 rings (SSSR count). The van der Waals surface area contributed by atoms with Crippen molar-refractivity contribution in [1.29, 1.82) is 0 Å². The fraction of sp³-hybridized carbons (Fsp3) is 0.400. The zero-order valence-electron chi connectivity index (χ0n) is 12.8. The Morgan fingerprint density at radius 3 is 2.82 bits per heavy atom. The van der Waals surface area contributed by atoms with Gasteiger partial charge in [0.1, 0.15) is 5.76 Å². The van der Waals surface area contributed by atoms with Crippen LogP contribution in [0.2, 0.25) is 0 Å². The molecule has 2 N–H and O–H groups in total. The van der Waals surface area contributed by atoms with Gasteiger partial charge in [0, 0.05) is 11.3 Å². The Hall–Kier alpha value is -2.57. The van der Waals surface area contributed by atoms with Gasteiger partial charge >= 0.3 is 5.97 Å². The van der Waals surface area contributed by atoms with E-state index in [0.29, 0.717) is 5.76 Å². The number of hydrogen-bond donors (Lipinski definition) is 2. The van der Waals surface area contributed by atoms with E-state index >= 15 is 0 Å². The number of aromatic nitrogens is 2. The number of amides is 1. The summed E-state index contributed by atoms with van der Waals surface area (Å²) < 4.78 is 10.1. The average Bonchev–Trinajstić information content (AvgIpc) is 3.12. The highest BCUT2D eigenvalue weighted by Gasteiger charge is 2.23. The standard InChI is InChI=1S/C15H19N3O4/c1-9(14-10(2)17-18-11(14)3)15(20)22-8-13(19)16-7-12-5-4-6-21-12/h4-6,9H,7-8H2,1-3H3,(H,16,19)(H,17,18). The molecule has 1 amide bonds. The summed E-state index contributed by atoms with van der Waals surface area (Å²) in [5, 5.41) is 9.48. The molecule has 0 aliphatic rings. The third-order valence-corrected chi connectivity index (χ3v) is 3.36. The molecular formula is C15H19N3O4. The lowest BCUT2D eigenvalue weighted by molar-refractivity contribution is -0.149. The van der Waals surface area contributed by atoms with Gasteiger partial charge < -0.3 is 14.5 Å². The van der Waals surface area contributed by atoms with E-state index in [1.54, 1.807) is 19.1 Å². The van der Waals surface area contributed by atoms with E-state index in [9.17, 15) is 9.59 Å². The van der Waals surface area contributed by atoms with Crippen LogP contribution in [0.25, 0.3) is 0 Å². The molecule has 0 saturated heterocycles. The number of nitrogens with one attached hydrogen (secondary N) is 2. The second-order valence-electron chi connectivity index (χ2n) is 5.03. The van der Waals surface area contributed by atoms with Gasteiger partial charge in [0.15, 0.2) is 6.61 Å². The Kier molecular flexibility index (Phi) is 4.98. The van der Waals surface area contributed by atoms with Crippen molar-refractivity contribution in [2.75, 3.05) is 6.61 Å². The van der Waals surface area contributed by atoms with E-state index in [2.05, 4.69) is 15.5 Å². The van der Waals surface area contributed by atoms with Crippen molar-refractivity contribution in [2.24, 2.45) is 0 Å². The van der Waals surface area contributed by atoms with Crippen molar-refractivity contribution in [2.45, 2.75) is 33.2 Å². The van der Waals surface area contributed by atoms with Crippen molar-refractivity contribution in [1.82, 2.24) is 15.5 Å². The molecule has 2 heterocycles. The zero-order chi connectivity index (χ0) is 16.1. The molecule has 2 aromatic rings. The van der Waals surface area contributed by atoms with Crippen molar-refractivity contribution in [3.63, 3.8) is 0 Å². The largest absolute Gasteiger partial charge is 0.467 e. The lowest BCUT2D eigenvalue weighted by Crippen LogP contribution is -2.29. The second-order valence-corrected chi connectivity index (χ2v) is 5.03. The van der Waals surface area contributed by atoms with Crippen LogP contribution in [0.1, 0.15) is 35.6 Å². The van der Waals surface area contributed by atoms with E-state index < -0.39 is 11.9 Å². The number of rotatable bonds is 6. The third-order valence-electron chi connectivity index (χ3n) is 3.36. The summed E-state index contributed by atoms with van der Waals surface area (Å²) in [7, 11) is 0. The Morgan fingerprint density at radius 2 is 2.23 bits per heavy atom. The van der Waals surface area contributed by atoms with E-state index in [0.717, 1.165) is 17.0 Å². The van der Waals surface area contributed by atoms with Crippen LogP contribution in [0, 0.1) is 13.8 Å². The Labute approximate surface area is 128 Å². The molecule has 0 aromatic carbocycles. The molecule has 0 aliphatic heterocycles. The number of furan rings is 1. The molecule has 118 valence electrons. The molecular weight excluding hydrogens is 286 g/mol. The first kappa shape index (κ1) is 15.8. The average molecular weight is 305 g/mol. The number of aromatic amines is 1. The monoisotopic (exact) mass is 305 g/mol. The maximum atomic E-state index is 12.0. The lowest BCUT2D eigenvalue weighted by Gasteiger charge is -2.12. The number of carbonyl (C=O) groups is 2. The molecule has 0 aliphatic carbocycles. The summed E-state index contributed by atoms with van der Waals surface area (Å²) in [5.41, 5.74) is 2.38. The van der Waals surface area contributed by atoms with Crippen LogP contribution in [-0.2, 0) is 20.9 Å². The van der Waals surface area contributed by atoms with E-state index in [-0.39, 0.29) is 19.1 Å². The first-order chi connectivity index (χ1) is 10.5. The normalized spacial score (nSPS) is 12.0. The Balaban J connectivity index is 1.80. The van der Waals surface area contributed by atoms with Gasteiger partial charge in [-0.3, -0.25) is 14.7 Å². The third kappa shape index (κ3) is 3.75. The number of hydrogen-bond acceptors (Lipinski definition) is 5. The van der Waals surface area contributed by atoms with Gasteiger partial charge in [-0.25, -0.2) is 0 Å². The summed E-state index contributed by atoms with van der Waals surface area (Å²) in [4.78, 5) is 23.7. The Bertz CT molecular complexity index is 626. The molecule has 1 unspecified atom stereocenters. The van der Waals surface area contributed by atoms with Crippen LogP contribution in [0.3, 0.4) is 0 Å². The van der Waals surface area contributed by atoms with Crippen LogP contribution < -0.4 is 5.32 Å². The number of ether oxygens (including phenoxy) is 1. The molecule has 0 saturated carbocycles. The van der Waals surface area contributed by atoms with Crippen molar-refractivity contribution in [3.8, 4) is 0 Å². The van der Waals surface area contributed by atoms with Gasteiger partial charge in [0.25, 0.3) is 5.91 Å². The predicted molar refractivity (Wildman–Crippen MR) is 78.0 cm³/mol. The number of carbonyl (C=O) groups excluding carboxylic acids is 2. The molecule has 0 fully saturated rings. The molecule has 22 heavy (non-hydrogen) atoms. The predicted octanol–water partition coefficient (Wildman–Crippen LogP) is 1.58. The van der Waals surface area contributed by atoms with Gasteiger partial charge in [-0.2, -0.15) is 5.10 Å². The molecule has 7 nitrogen and oxygen atoms in total. The van der Waals surface area contributed by atoms with Gasteiger partial charge in [0.2, 0.25) is 0 Å². The van der Waals surface area contributed by atoms with Crippen LogP contribution in [0.15, 0.2) is 22.8 Å². The van der Waals surface area contributed by atoms with E-state index in [4.69, 9.17) is 9.15 Å². The summed E-state index contributed by atoms with van der Waals surface area (Å²) >= 11 is 0. The van der Waals surface area contributed by atoms with Gasteiger partial charge in [-0.15, -0.1) is 0 Å². The summed E-state index contributed by atoms with van der Waals surface area (Å²) in [6.45, 7) is 5.33. The van der Waals surface area contributed by atoms with Gasteiger partial charge in [-0.1, -0.05) is 0 Å². The minimum atomic E-state index is -0.475. The fourth-order valence-corrected chi connectivity index (χ4v) is 2.23. The van der Waals surface area contributed by atoms with Crippen molar-refractivity contribution < 1.29 is 18.7 Å². The SMILES string of the molecule is Cc1n[nH]c(C)c1C(C)C(=O)OCC(=O)NCc1ccco1. The highest BCUT2D eigenvalue weighted by molar-refractivity contribution is 5.83. The lowest BCUT2D eigenvalue weighted by atomic mass is 9.99. The molecule has 2 aromatic heterocycles. The molecule has 1 atom stereocenters. The highest BCUT2D eigenvalue weighted by atomic mass is 16.5. The van der Waals surface area contributed by atoms with Crippen molar-refractivity contribution in [3.05, 3.63) is 41.1 Å². The van der Waals surface area contributed by atoms with Crippen LogP contribution in [-0.4, -0.2) is 28.7 Å². The maximum absolute atomic E-state index is 12.0. The second kappa shape index (κ2) is 6.93. The molecule has 0 bridgehead atoms. The zero-order valence-corrected chi connectivity index (χ0v) is 12.8. The summed E-state index contributed by atoms with van der Waals surface area (Å²) in [6, 6.07) is 3.48.